The number of quaternary nitrogens is 1. The molecule has 0 saturated carbocycles. The third-order valence-corrected chi connectivity index (χ3v) is 8.16. The summed E-state index contributed by atoms with van der Waals surface area (Å²) in [6.45, 7) is 5.29. The first-order chi connectivity index (χ1) is 19.6. The van der Waals surface area contributed by atoms with E-state index in [-0.39, 0.29) is 19.8 Å². The van der Waals surface area contributed by atoms with Crippen molar-refractivity contribution in [2.45, 2.75) is 148 Å². The van der Waals surface area contributed by atoms with Crippen molar-refractivity contribution in [2.24, 2.45) is 0 Å². The summed E-state index contributed by atoms with van der Waals surface area (Å²) < 4.78 is 34.2. The van der Waals surface area contributed by atoms with Gasteiger partial charge in [0.25, 0.3) is 0 Å². The molecule has 1 unspecified atom stereocenters. The maximum Gasteiger partial charge on any atom is 0.472 e. The van der Waals surface area contributed by atoms with Crippen LogP contribution in [0.3, 0.4) is 0 Å². The molecule has 41 heavy (non-hydrogen) atoms. The summed E-state index contributed by atoms with van der Waals surface area (Å²) in [6, 6.07) is 0. The van der Waals surface area contributed by atoms with Crippen molar-refractivity contribution in [3.05, 3.63) is 0 Å². The Hall–Kier alpha value is -0.500. The van der Waals surface area contributed by atoms with Crippen LogP contribution in [0.4, 0.5) is 0 Å². The summed E-state index contributed by atoms with van der Waals surface area (Å²) in [5, 5.41) is 0. The number of hydrogen-bond acceptors (Lipinski definition) is 6. The number of carbonyl (C=O) groups excluding carboxylic acids is 1. The van der Waals surface area contributed by atoms with E-state index >= 15 is 0 Å². The molecule has 0 aromatic heterocycles. The van der Waals surface area contributed by atoms with E-state index in [0.717, 1.165) is 43.1 Å². The number of nitrogens with zero attached hydrogens (tertiary/aromatic N) is 1. The smallest absolute Gasteiger partial charge is 0.458 e. The molecule has 0 aliphatic heterocycles. The number of rotatable bonds is 31. The molecule has 9 heteroatoms. The SMILES string of the molecule is CCCCCCCCCCCCCCCCCCOC[C@H](COP(=O)(O)OCCCCCC[N+](C)(C)C)OC(C)=O. The molecular formula is C32H67NO7P+. The highest BCUT2D eigenvalue weighted by Crippen LogP contribution is 2.43. The Bertz CT molecular complexity index is 642. The van der Waals surface area contributed by atoms with Crippen LogP contribution in [-0.4, -0.2) is 75.6 Å². The van der Waals surface area contributed by atoms with E-state index in [4.69, 9.17) is 18.5 Å². The molecule has 0 radical (unpaired) electrons. The molecule has 0 fully saturated rings. The monoisotopic (exact) mass is 608 g/mol. The highest BCUT2D eigenvalue weighted by atomic mass is 31.2. The molecule has 0 amide bonds. The highest BCUT2D eigenvalue weighted by Gasteiger charge is 2.24. The first kappa shape index (κ1) is 40.5. The van der Waals surface area contributed by atoms with Crippen molar-refractivity contribution in [1.29, 1.82) is 0 Å². The van der Waals surface area contributed by atoms with Gasteiger partial charge in [0, 0.05) is 13.5 Å². The molecule has 8 nitrogen and oxygen atoms in total. The number of ether oxygens (including phenoxy) is 2. The van der Waals surface area contributed by atoms with Crippen molar-refractivity contribution in [2.75, 3.05) is 54.1 Å². The van der Waals surface area contributed by atoms with Gasteiger partial charge in [-0.1, -0.05) is 110 Å². The van der Waals surface area contributed by atoms with Gasteiger partial charge in [-0.2, -0.15) is 0 Å². The Morgan fingerprint density at radius 2 is 1.10 bits per heavy atom. The minimum atomic E-state index is -4.20. The maximum atomic E-state index is 12.2. The second kappa shape index (κ2) is 27.1. The predicted molar refractivity (Wildman–Crippen MR) is 169 cm³/mol. The lowest BCUT2D eigenvalue weighted by molar-refractivity contribution is -0.870. The summed E-state index contributed by atoms with van der Waals surface area (Å²) in [6.07, 6.45) is 24.2. The summed E-state index contributed by atoms with van der Waals surface area (Å²) in [5.41, 5.74) is 0. The summed E-state index contributed by atoms with van der Waals surface area (Å²) in [7, 11) is 2.29. The first-order valence-electron chi connectivity index (χ1n) is 16.7. The molecule has 0 saturated heterocycles. The zero-order chi connectivity index (χ0) is 30.7. The van der Waals surface area contributed by atoms with Crippen LogP contribution in [0.2, 0.25) is 0 Å². The fourth-order valence-electron chi connectivity index (χ4n) is 4.75. The van der Waals surface area contributed by atoms with Crippen LogP contribution in [0.15, 0.2) is 0 Å². The lowest BCUT2D eigenvalue weighted by Crippen LogP contribution is -2.35. The van der Waals surface area contributed by atoms with E-state index in [1.165, 1.54) is 96.8 Å². The maximum absolute atomic E-state index is 12.2. The van der Waals surface area contributed by atoms with E-state index in [2.05, 4.69) is 28.1 Å². The Balaban J connectivity index is 3.74. The van der Waals surface area contributed by atoms with Crippen molar-refractivity contribution in [3.63, 3.8) is 0 Å². The molecular weight excluding hydrogens is 541 g/mol. The van der Waals surface area contributed by atoms with Gasteiger partial charge in [-0.3, -0.25) is 13.8 Å². The number of phosphoric acid groups is 1. The molecule has 0 aliphatic carbocycles. The molecule has 0 spiro atoms. The minimum absolute atomic E-state index is 0.130. The number of esters is 1. The van der Waals surface area contributed by atoms with Gasteiger partial charge < -0.3 is 18.9 Å². The number of unbranched alkanes of at least 4 members (excludes halogenated alkanes) is 18. The Morgan fingerprint density at radius 3 is 1.56 bits per heavy atom. The highest BCUT2D eigenvalue weighted by molar-refractivity contribution is 7.47. The van der Waals surface area contributed by atoms with Crippen LogP contribution >= 0.6 is 7.82 Å². The van der Waals surface area contributed by atoms with E-state index in [9.17, 15) is 14.3 Å². The Morgan fingerprint density at radius 1 is 0.659 bits per heavy atom. The van der Waals surface area contributed by atoms with Crippen LogP contribution in [0.25, 0.3) is 0 Å². The van der Waals surface area contributed by atoms with Crippen LogP contribution < -0.4 is 0 Å². The van der Waals surface area contributed by atoms with E-state index < -0.39 is 19.9 Å². The number of carbonyl (C=O) groups is 1. The molecule has 0 heterocycles. The van der Waals surface area contributed by atoms with Gasteiger partial charge in [0.05, 0.1) is 47.5 Å². The van der Waals surface area contributed by atoms with Gasteiger partial charge in [0.1, 0.15) is 6.10 Å². The van der Waals surface area contributed by atoms with E-state index in [1.54, 1.807) is 0 Å². The zero-order valence-corrected chi connectivity index (χ0v) is 28.4. The third kappa shape index (κ3) is 32.3. The molecule has 246 valence electrons. The molecule has 0 rings (SSSR count). The van der Waals surface area contributed by atoms with Crippen molar-refractivity contribution in [1.82, 2.24) is 0 Å². The summed E-state index contributed by atoms with van der Waals surface area (Å²) >= 11 is 0. The standard InChI is InChI=1S/C32H66NO7P/c1-6-7-8-9-10-11-12-13-14-15-16-17-18-19-21-24-27-37-29-32(40-31(2)34)30-39-41(35,36)38-28-25-22-20-23-26-33(3,4)5/h32H,6-30H2,1-5H3/p+1/t32-/m1/s1. The normalized spacial score (nSPS) is 14.2. The summed E-state index contributed by atoms with van der Waals surface area (Å²) in [5.74, 6) is -0.479. The van der Waals surface area contributed by atoms with Gasteiger partial charge in [-0.25, -0.2) is 4.57 Å². The van der Waals surface area contributed by atoms with Gasteiger partial charge in [0.15, 0.2) is 0 Å². The average Bonchev–Trinajstić information content (AvgIpc) is 2.89. The average molecular weight is 609 g/mol. The fraction of sp³-hybridized carbons (Fsp3) is 0.969. The topological polar surface area (TPSA) is 91.3 Å². The summed E-state index contributed by atoms with van der Waals surface area (Å²) in [4.78, 5) is 21.4. The second-order valence-corrected chi connectivity index (χ2v) is 14.1. The van der Waals surface area contributed by atoms with Gasteiger partial charge in [-0.15, -0.1) is 0 Å². The lowest BCUT2D eigenvalue weighted by atomic mass is 10.0. The van der Waals surface area contributed by atoms with Gasteiger partial charge in [0.2, 0.25) is 0 Å². The van der Waals surface area contributed by atoms with Crippen molar-refractivity contribution in [3.8, 4) is 0 Å². The fourth-order valence-corrected chi connectivity index (χ4v) is 5.54. The molecule has 0 aliphatic rings. The van der Waals surface area contributed by atoms with E-state index in [0.29, 0.717) is 13.0 Å². The largest absolute Gasteiger partial charge is 0.472 e. The van der Waals surface area contributed by atoms with E-state index in [1.807, 2.05) is 0 Å². The third-order valence-electron chi connectivity index (χ3n) is 7.18. The number of phosphoric ester groups is 1. The van der Waals surface area contributed by atoms with Gasteiger partial charge >= 0.3 is 13.8 Å². The van der Waals surface area contributed by atoms with Crippen LogP contribution in [-0.2, 0) is 27.9 Å². The molecule has 0 aromatic rings. The van der Waals surface area contributed by atoms with Crippen LogP contribution in [0, 0.1) is 0 Å². The molecule has 1 N–H and O–H groups in total. The second-order valence-electron chi connectivity index (χ2n) is 12.6. The first-order valence-corrected chi connectivity index (χ1v) is 18.2. The van der Waals surface area contributed by atoms with Gasteiger partial charge in [-0.05, 0) is 25.7 Å². The Kier molecular flexibility index (Phi) is 26.7. The van der Waals surface area contributed by atoms with Crippen molar-refractivity contribution < 1.29 is 37.3 Å². The molecule has 0 aromatic carbocycles. The Labute approximate surface area is 253 Å². The zero-order valence-electron chi connectivity index (χ0n) is 27.5. The van der Waals surface area contributed by atoms with Crippen LogP contribution in [0.5, 0.6) is 0 Å². The quantitative estimate of drug-likeness (QED) is 0.0365. The van der Waals surface area contributed by atoms with Crippen molar-refractivity contribution >= 4 is 13.8 Å². The predicted octanol–water partition coefficient (Wildman–Crippen LogP) is 8.60. The number of hydrogen-bond donors (Lipinski definition) is 1. The minimum Gasteiger partial charge on any atom is -0.458 e. The lowest BCUT2D eigenvalue weighted by Gasteiger charge is -2.23. The molecule has 2 atom stereocenters. The van der Waals surface area contributed by atoms with Crippen LogP contribution in [0.1, 0.15) is 142 Å². The molecule has 0 bridgehead atoms.